The van der Waals surface area contributed by atoms with Crippen molar-refractivity contribution in [1.29, 1.82) is 0 Å². The average Bonchev–Trinajstić information content (AvgIpc) is 3.12. The largest absolute Gasteiger partial charge is 0.496 e. The fraction of sp³-hybridized carbons (Fsp3) is 0.143. The molecular weight excluding hydrogens is 522 g/mol. The summed E-state index contributed by atoms with van der Waals surface area (Å²) in [5.41, 5.74) is 1.53. The quantitative estimate of drug-likeness (QED) is 0.244. The minimum absolute atomic E-state index is 0.182. The third-order valence-corrected chi connectivity index (χ3v) is 5.73. The molecule has 0 aliphatic carbocycles. The van der Waals surface area contributed by atoms with Crippen molar-refractivity contribution in [3.8, 4) is 11.5 Å². The Hall–Kier alpha value is -2.82. The van der Waals surface area contributed by atoms with Crippen LogP contribution in [0.15, 0.2) is 62.1 Å². The molecule has 0 aromatic heterocycles. The maximum Gasteiger partial charge on any atom is 0.331 e. The number of methoxy groups -OCH3 is 2. The van der Waals surface area contributed by atoms with Gasteiger partial charge in [-0.25, -0.2) is 4.79 Å². The second-order valence-electron chi connectivity index (χ2n) is 6.17. The second-order valence-corrected chi connectivity index (χ2v) is 8.53. The second kappa shape index (κ2) is 11.2. The molecule has 3 rings (SSSR count). The van der Waals surface area contributed by atoms with E-state index >= 15 is 0 Å². The summed E-state index contributed by atoms with van der Waals surface area (Å²) in [6.45, 7) is 0.230. The van der Waals surface area contributed by atoms with Crippen LogP contribution in [0.25, 0.3) is 0 Å². The van der Waals surface area contributed by atoms with E-state index < -0.39 is 11.9 Å². The minimum atomic E-state index is -0.621. The molecule has 2 aromatic rings. The van der Waals surface area contributed by atoms with Gasteiger partial charge in [-0.15, -0.1) is 5.10 Å². The number of hydrogen-bond donors (Lipinski definition) is 1. The fourth-order valence-corrected chi connectivity index (χ4v) is 4.00. The van der Waals surface area contributed by atoms with Crippen LogP contribution in [0.4, 0.5) is 0 Å². The Kier molecular flexibility index (Phi) is 8.32. The van der Waals surface area contributed by atoms with E-state index in [1.54, 1.807) is 25.3 Å². The summed E-state index contributed by atoms with van der Waals surface area (Å²) in [5.74, 6) is 0.139. The normalized spacial score (nSPS) is 15.9. The lowest BCUT2D eigenvalue weighted by molar-refractivity contribution is -0.135. The van der Waals surface area contributed by atoms with Crippen LogP contribution in [0, 0.1) is 0 Å². The number of esters is 1. The molecule has 0 atom stereocenters. The molecule has 1 fully saturated rings. The van der Waals surface area contributed by atoms with Gasteiger partial charge in [-0.05, 0) is 53.7 Å². The summed E-state index contributed by atoms with van der Waals surface area (Å²) in [4.78, 5) is 23.3. The molecule has 1 N–H and O–H groups in total. The molecule has 8 nitrogen and oxygen atoms in total. The molecule has 32 heavy (non-hydrogen) atoms. The Morgan fingerprint density at radius 2 is 2.00 bits per heavy atom. The van der Waals surface area contributed by atoms with Crippen molar-refractivity contribution in [2.45, 2.75) is 6.61 Å². The zero-order valence-electron chi connectivity index (χ0n) is 16.9. The van der Waals surface area contributed by atoms with E-state index in [-0.39, 0.29) is 16.7 Å². The third-order valence-electron chi connectivity index (χ3n) is 4.04. The van der Waals surface area contributed by atoms with Gasteiger partial charge in [0.1, 0.15) is 18.1 Å². The first-order valence-corrected chi connectivity index (χ1v) is 11.0. The number of halogens is 2. The lowest BCUT2D eigenvalue weighted by Crippen LogP contribution is -2.19. The first-order valence-electron chi connectivity index (χ1n) is 9.04. The molecule has 0 spiro atoms. The van der Waals surface area contributed by atoms with Gasteiger partial charge >= 0.3 is 5.97 Å². The van der Waals surface area contributed by atoms with Crippen molar-refractivity contribution >= 4 is 62.6 Å². The molecule has 0 radical (unpaired) electrons. The number of rotatable bonds is 7. The number of amides is 1. The van der Waals surface area contributed by atoms with Gasteiger partial charge in [-0.1, -0.05) is 27.5 Å². The molecule has 0 bridgehead atoms. The zero-order chi connectivity index (χ0) is 23.1. The molecule has 11 heteroatoms. The highest BCUT2D eigenvalue weighted by Gasteiger charge is 2.25. The summed E-state index contributed by atoms with van der Waals surface area (Å²) in [6.07, 6.45) is 2.62. The summed E-state index contributed by atoms with van der Waals surface area (Å²) in [6, 6.07) is 10.8. The van der Waals surface area contributed by atoms with Gasteiger partial charge in [0, 0.05) is 16.1 Å². The number of amidine groups is 1. The first-order chi connectivity index (χ1) is 15.4. The van der Waals surface area contributed by atoms with Crippen LogP contribution in [-0.4, -0.2) is 37.5 Å². The number of ether oxygens (including phenoxy) is 3. The lowest BCUT2D eigenvalue weighted by Gasteiger charge is -2.12. The van der Waals surface area contributed by atoms with E-state index in [2.05, 4.69) is 36.2 Å². The number of thioether (sulfide) groups is 1. The number of carbonyl (C=O) groups is 2. The molecule has 1 saturated heterocycles. The van der Waals surface area contributed by atoms with Crippen molar-refractivity contribution < 1.29 is 23.8 Å². The van der Waals surface area contributed by atoms with Crippen molar-refractivity contribution in [2.75, 3.05) is 14.2 Å². The maximum absolute atomic E-state index is 11.8. The van der Waals surface area contributed by atoms with Crippen molar-refractivity contribution in [3.05, 3.63) is 68.0 Å². The molecule has 1 aliphatic rings. The summed E-state index contributed by atoms with van der Waals surface area (Å²) >= 11 is 10.6. The first kappa shape index (κ1) is 23.8. The summed E-state index contributed by atoms with van der Waals surface area (Å²) in [5, 5.41) is 11.3. The van der Waals surface area contributed by atoms with Crippen LogP contribution >= 0.6 is 39.3 Å². The van der Waals surface area contributed by atoms with E-state index in [4.69, 9.17) is 21.1 Å². The minimum Gasteiger partial charge on any atom is -0.496 e. The maximum atomic E-state index is 11.8. The van der Waals surface area contributed by atoms with Crippen LogP contribution in [0.5, 0.6) is 11.5 Å². The highest BCUT2D eigenvalue weighted by Crippen LogP contribution is 2.29. The van der Waals surface area contributed by atoms with E-state index in [1.807, 2.05) is 18.2 Å². The average molecular weight is 539 g/mol. The molecule has 0 unspecified atom stereocenters. The summed E-state index contributed by atoms with van der Waals surface area (Å²) < 4.78 is 16.6. The van der Waals surface area contributed by atoms with Crippen molar-refractivity contribution in [2.24, 2.45) is 10.2 Å². The monoisotopic (exact) mass is 537 g/mol. The lowest BCUT2D eigenvalue weighted by atomic mass is 10.1. The van der Waals surface area contributed by atoms with Crippen LogP contribution in [0.3, 0.4) is 0 Å². The number of nitrogens with zero attached hydrogens (tertiary/aromatic N) is 2. The van der Waals surface area contributed by atoms with Crippen LogP contribution in [-0.2, 0) is 20.9 Å². The SMILES string of the molecule is COC(=O)/C=C1/S/C(=N\N=Cc2ccc(OC)c(COc3ccc(Br)cc3Cl)c2)NC1=O. The van der Waals surface area contributed by atoms with Gasteiger partial charge in [-0.2, -0.15) is 5.10 Å². The van der Waals surface area contributed by atoms with Crippen LogP contribution < -0.4 is 14.8 Å². The third kappa shape index (κ3) is 6.35. The predicted molar refractivity (Wildman–Crippen MR) is 127 cm³/mol. The zero-order valence-corrected chi connectivity index (χ0v) is 20.1. The van der Waals surface area contributed by atoms with Crippen molar-refractivity contribution in [3.63, 3.8) is 0 Å². The van der Waals surface area contributed by atoms with E-state index in [0.29, 0.717) is 16.5 Å². The van der Waals surface area contributed by atoms with Crippen molar-refractivity contribution in [1.82, 2.24) is 5.32 Å². The Balaban J connectivity index is 1.70. The molecule has 0 saturated carbocycles. The van der Waals surface area contributed by atoms with Gasteiger partial charge < -0.3 is 14.2 Å². The topological polar surface area (TPSA) is 98.6 Å². The number of carbonyl (C=O) groups excluding carboxylic acids is 2. The highest BCUT2D eigenvalue weighted by atomic mass is 79.9. The Labute approximate surface area is 201 Å². The van der Waals surface area contributed by atoms with Crippen LogP contribution in [0.1, 0.15) is 11.1 Å². The standard InChI is InChI=1S/C21H17BrClN3O5S/c1-29-16-5-3-12(7-13(16)11-31-17-6-4-14(22)8-15(17)23)10-24-26-21-25-20(28)18(32-21)9-19(27)30-2/h3-10H,11H2,1-2H3,(H,25,26,28)/b18-9+,24-10?. The molecular formula is C21H17BrClN3O5S. The van der Waals surface area contributed by atoms with Gasteiger partial charge in [0.2, 0.25) is 0 Å². The number of benzene rings is 2. The molecule has 2 aromatic carbocycles. The smallest absolute Gasteiger partial charge is 0.331 e. The van der Waals surface area contributed by atoms with Gasteiger partial charge in [0.25, 0.3) is 5.91 Å². The number of nitrogens with one attached hydrogen (secondary N) is 1. The van der Waals surface area contributed by atoms with E-state index in [1.165, 1.54) is 13.3 Å². The number of hydrogen-bond acceptors (Lipinski definition) is 8. The summed E-state index contributed by atoms with van der Waals surface area (Å²) in [7, 11) is 2.81. The molecule has 166 valence electrons. The van der Waals surface area contributed by atoms with Gasteiger partial charge in [0.15, 0.2) is 5.17 Å². The van der Waals surface area contributed by atoms with E-state index in [9.17, 15) is 9.59 Å². The predicted octanol–water partition coefficient (Wildman–Crippen LogP) is 4.30. The molecule has 1 heterocycles. The van der Waals surface area contributed by atoms with Gasteiger partial charge in [-0.3, -0.25) is 10.1 Å². The fourth-order valence-electron chi connectivity index (χ4n) is 2.53. The Morgan fingerprint density at radius 3 is 2.72 bits per heavy atom. The molecule has 1 aliphatic heterocycles. The van der Waals surface area contributed by atoms with Gasteiger partial charge in [0.05, 0.1) is 30.4 Å². The molecule has 1 amide bonds. The van der Waals surface area contributed by atoms with E-state index in [0.717, 1.165) is 33.4 Å². The Morgan fingerprint density at radius 1 is 1.22 bits per heavy atom. The highest BCUT2D eigenvalue weighted by molar-refractivity contribution is 9.10. The Bertz CT molecular complexity index is 1140. The van der Waals surface area contributed by atoms with Crippen LogP contribution in [0.2, 0.25) is 5.02 Å².